The molecule has 0 N–H and O–H groups in total. The first kappa shape index (κ1) is 9.69. The van der Waals surface area contributed by atoms with Gasteiger partial charge in [0, 0.05) is 11.8 Å². The summed E-state index contributed by atoms with van der Waals surface area (Å²) in [5, 5.41) is 3.63. The van der Waals surface area contributed by atoms with Gasteiger partial charge in [0.1, 0.15) is 0 Å². The van der Waals surface area contributed by atoms with Gasteiger partial charge in [-0.25, -0.2) is 0 Å². The number of hydrogen-bond donors (Lipinski definition) is 0. The number of benzene rings is 1. The molecule has 0 aliphatic carbocycles. The predicted octanol–water partition coefficient (Wildman–Crippen LogP) is 3.40. The Morgan fingerprint density at radius 2 is 2.21 bits per heavy atom. The van der Waals surface area contributed by atoms with Crippen molar-refractivity contribution in [1.29, 1.82) is 0 Å². The second kappa shape index (κ2) is 4.11. The van der Waals surface area contributed by atoms with E-state index in [0.29, 0.717) is 0 Å². The Hall–Kier alpha value is -0.860. The SMILES string of the molecule is COCCc1csc2ccc(C)cc12. The summed E-state index contributed by atoms with van der Waals surface area (Å²) in [4.78, 5) is 0. The zero-order valence-corrected chi connectivity index (χ0v) is 9.36. The van der Waals surface area contributed by atoms with E-state index < -0.39 is 0 Å². The molecule has 2 heteroatoms. The van der Waals surface area contributed by atoms with E-state index in [9.17, 15) is 0 Å². The van der Waals surface area contributed by atoms with Gasteiger partial charge in [-0.15, -0.1) is 11.3 Å². The van der Waals surface area contributed by atoms with Crippen LogP contribution in [0.3, 0.4) is 0 Å². The number of fused-ring (bicyclic) bond motifs is 1. The van der Waals surface area contributed by atoms with Crippen LogP contribution in [0.4, 0.5) is 0 Å². The van der Waals surface area contributed by atoms with E-state index in [1.165, 1.54) is 21.2 Å². The number of thiophene rings is 1. The quantitative estimate of drug-likeness (QED) is 0.748. The minimum atomic E-state index is 0.805. The zero-order valence-electron chi connectivity index (χ0n) is 8.54. The van der Waals surface area contributed by atoms with Crippen LogP contribution in [-0.2, 0) is 11.2 Å². The number of ether oxygens (including phenoxy) is 1. The van der Waals surface area contributed by atoms with Crippen LogP contribution < -0.4 is 0 Å². The highest BCUT2D eigenvalue weighted by Gasteiger charge is 2.03. The van der Waals surface area contributed by atoms with Crippen molar-refractivity contribution in [2.75, 3.05) is 13.7 Å². The van der Waals surface area contributed by atoms with Gasteiger partial charge >= 0.3 is 0 Å². The van der Waals surface area contributed by atoms with Crippen molar-refractivity contribution in [3.05, 3.63) is 34.7 Å². The molecule has 0 unspecified atom stereocenters. The van der Waals surface area contributed by atoms with Crippen molar-refractivity contribution in [2.45, 2.75) is 13.3 Å². The van der Waals surface area contributed by atoms with Crippen molar-refractivity contribution < 1.29 is 4.74 Å². The molecule has 0 amide bonds. The Bertz CT molecular complexity index is 431. The fraction of sp³-hybridized carbons (Fsp3) is 0.333. The lowest BCUT2D eigenvalue weighted by Crippen LogP contribution is -1.92. The summed E-state index contributed by atoms with van der Waals surface area (Å²) in [6, 6.07) is 6.63. The number of rotatable bonds is 3. The molecule has 0 aliphatic rings. The monoisotopic (exact) mass is 206 g/mol. The summed E-state index contributed by atoms with van der Waals surface area (Å²) in [5.41, 5.74) is 2.74. The van der Waals surface area contributed by atoms with Gasteiger partial charge in [0.15, 0.2) is 0 Å². The Morgan fingerprint density at radius 1 is 1.36 bits per heavy atom. The van der Waals surface area contributed by atoms with E-state index in [0.717, 1.165) is 13.0 Å². The smallest absolute Gasteiger partial charge is 0.0503 e. The maximum Gasteiger partial charge on any atom is 0.0503 e. The van der Waals surface area contributed by atoms with Crippen LogP contribution in [0, 0.1) is 6.92 Å². The van der Waals surface area contributed by atoms with Crippen LogP contribution in [0.5, 0.6) is 0 Å². The van der Waals surface area contributed by atoms with Gasteiger partial charge in [-0.3, -0.25) is 0 Å². The fourth-order valence-electron chi connectivity index (χ4n) is 1.60. The number of aryl methyl sites for hydroxylation is 1. The van der Waals surface area contributed by atoms with Crippen molar-refractivity contribution >= 4 is 21.4 Å². The Balaban J connectivity index is 2.40. The average Bonchev–Trinajstić information content (AvgIpc) is 2.57. The minimum Gasteiger partial charge on any atom is -0.384 e. The average molecular weight is 206 g/mol. The first-order valence-electron chi connectivity index (χ1n) is 4.77. The standard InChI is InChI=1S/C12H14OS/c1-9-3-4-12-11(7-9)10(8-14-12)5-6-13-2/h3-4,7-8H,5-6H2,1-2H3. The highest BCUT2D eigenvalue weighted by atomic mass is 32.1. The minimum absolute atomic E-state index is 0.805. The van der Waals surface area contributed by atoms with Crippen LogP contribution in [0.1, 0.15) is 11.1 Å². The molecule has 0 aliphatic heterocycles. The molecule has 0 atom stereocenters. The third-order valence-electron chi connectivity index (χ3n) is 2.38. The summed E-state index contributed by atoms with van der Waals surface area (Å²) in [6.07, 6.45) is 1.01. The molecular formula is C12H14OS. The van der Waals surface area contributed by atoms with Crippen molar-refractivity contribution in [3.63, 3.8) is 0 Å². The van der Waals surface area contributed by atoms with Crippen LogP contribution >= 0.6 is 11.3 Å². The highest BCUT2D eigenvalue weighted by Crippen LogP contribution is 2.27. The zero-order chi connectivity index (χ0) is 9.97. The molecule has 2 rings (SSSR count). The van der Waals surface area contributed by atoms with Gasteiger partial charge in [0.05, 0.1) is 6.61 Å². The van der Waals surface area contributed by atoms with Crippen molar-refractivity contribution in [3.8, 4) is 0 Å². The van der Waals surface area contributed by atoms with Gasteiger partial charge in [-0.2, -0.15) is 0 Å². The maximum atomic E-state index is 5.10. The Kier molecular flexibility index (Phi) is 2.85. The molecule has 2 aromatic rings. The Labute approximate surface area is 88.3 Å². The van der Waals surface area contributed by atoms with Crippen LogP contribution in [-0.4, -0.2) is 13.7 Å². The van der Waals surface area contributed by atoms with Crippen molar-refractivity contribution in [1.82, 2.24) is 0 Å². The second-order valence-corrected chi connectivity index (χ2v) is 4.41. The molecule has 1 heterocycles. The summed E-state index contributed by atoms with van der Waals surface area (Å²) in [5.74, 6) is 0. The summed E-state index contributed by atoms with van der Waals surface area (Å²) in [7, 11) is 1.75. The Morgan fingerprint density at radius 3 is 3.00 bits per heavy atom. The van der Waals surface area contributed by atoms with E-state index in [-0.39, 0.29) is 0 Å². The molecule has 74 valence electrons. The highest BCUT2D eigenvalue weighted by molar-refractivity contribution is 7.17. The predicted molar refractivity (Wildman–Crippen MR) is 62.1 cm³/mol. The lowest BCUT2D eigenvalue weighted by atomic mass is 10.1. The van der Waals surface area contributed by atoms with E-state index >= 15 is 0 Å². The van der Waals surface area contributed by atoms with Gasteiger partial charge < -0.3 is 4.74 Å². The molecule has 14 heavy (non-hydrogen) atoms. The molecule has 0 saturated carbocycles. The van der Waals surface area contributed by atoms with Gasteiger partial charge in [-0.1, -0.05) is 17.7 Å². The molecular weight excluding hydrogens is 192 g/mol. The van der Waals surface area contributed by atoms with E-state index in [4.69, 9.17) is 4.74 Å². The lowest BCUT2D eigenvalue weighted by molar-refractivity contribution is 0.202. The topological polar surface area (TPSA) is 9.23 Å². The van der Waals surface area contributed by atoms with Crippen LogP contribution in [0.15, 0.2) is 23.6 Å². The molecule has 0 saturated heterocycles. The van der Waals surface area contributed by atoms with E-state index in [1.807, 2.05) is 11.3 Å². The molecule has 0 radical (unpaired) electrons. The number of methoxy groups -OCH3 is 1. The van der Waals surface area contributed by atoms with E-state index in [1.54, 1.807) is 7.11 Å². The van der Waals surface area contributed by atoms with Gasteiger partial charge in [0.25, 0.3) is 0 Å². The molecule has 1 aromatic heterocycles. The summed E-state index contributed by atoms with van der Waals surface area (Å²) in [6.45, 7) is 2.94. The van der Waals surface area contributed by atoms with Crippen LogP contribution in [0.2, 0.25) is 0 Å². The summed E-state index contributed by atoms with van der Waals surface area (Å²) < 4.78 is 6.48. The molecule has 1 nitrogen and oxygen atoms in total. The van der Waals surface area contributed by atoms with E-state index in [2.05, 4.69) is 30.5 Å². The molecule has 0 bridgehead atoms. The molecule has 1 aromatic carbocycles. The largest absolute Gasteiger partial charge is 0.384 e. The third kappa shape index (κ3) is 1.81. The first-order chi connectivity index (χ1) is 6.81. The second-order valence-electron chi connectivity index (χ2n) is 3.50. The van der Waals surface area contributed by atoms with Crippen molar-refractivity contribution in [2.24, 2.45) is 0 Å². The fourth-order valence-corrected chi connectivity index (χ4v) is 2.58. The third-order valence-corrected chi connectivity index (χ3v) is 3.40. The first-order valence-corrected chi connectivity index (χ1v) is 5.65. The normalized spacial score (nSPS) is 11.0. The van der Waals surface area contributed by atoms with Gasteiger partial charge in [-0.05, 0) is 35.7 Å². The number of hydrogen-bond acceptors (Lipinski definition) is 2. The molecule has 0 spiro atoms. The summed E-state index contributed by atoms with van der Waals surface area (Å²) >= 11 is 1.82. The lowest BCUT2D eigenvalue weighted by Gasteiger charge is -1.99. The van der Waals surface area contributed by atoms with Crippen LogP contribution in [0.25, 0.3) is 10.1 Å². The maximum absolute atomic E-state index is 5.10. The molecule has 0 fully saturated rings. The van der Waals surface area contributed by atoms with Gasteiger partial charge in [0.2, 0.25) is 0 Å².